The van der Waals surface area contributed by atoms with Gasteiger partial charge < -0.3 is 15.4 Å². The smallest absolute Gasteiger partial charge is 0.239 e. The minimum atomic E-state index is -0.267. The minimum Gasteiger partial charge on any atom is -0.378 e. The molecule has 4 heteroatoms. The summed E-state index contributed by atoms with van der Waals surface area (Å²) in [5.41, 5.74) is 5.79. The van der Waals surface area contributed by atoms with E-state index in [0.717, 1.165) is 38.8 Å². The predicted molar refractivity (Wildman–Crippen MR) is 57.4 cm³/mol. The van der Waals surface area contributed by atoms with E-state index in [1.54, 1.807) is 0 Å². The highest BCUT2D eigenvalue weighted by molar-refractivity contribution is 5.82. The Morgan fingerprint density at radius 1 is 1.47 bits per heavy atom. The van der Waals surface area contributed by atoms with Crippen LogP contribution in [0, 0.1) is 0 Å². The number of rotatable bonds is 1. The van der Waals surface area contributed by atoms with E-state index >= 15 is 0 Å². The van der Waals surface area contributed by atoms with Crippen molar-refractivity contribution in [2.24, 2.45) is 5.73 Å². The maximum atomic E-state index is 11.9. The maximum Gasteiger partial charge on any atom is 0.239 e. The van der Waals surface area contributed by atoms with Crippen LogP contribution < -0.4 is 5.73 Å². The van der Waals surface area contributed by atoms with Crippen molar-refractivity contribution in [2.45, 2.75) is 50.8 Å². The Balaban J connectivity index is 1.99. The Bertz CT molecular complexity index is 245. The van der Waals surface area contributed by atoms with Crippen molar-refractivity contribution < 1.29 is 9.53 Å². The number of carbonyl (C=O) groups excluding carboxylic acids is 1. The summed E-state index contributed by atoms with van der Waals surface area (Å²) in [6.07, 6.45) is 4.07. The van der Waals surface area contributed by atoms with Crippen molar-refractivity contribution >= 4 is 5.91 Å². The van der Waals surface area contributed by atoms with Gasteiger partial charge in [0.2, 0.25) is 5.91 Å². The molecule has 4 nitrogen and oxygen atoms in total. The lowest BCUT2D eigenvalue weighted by molar-refractivity contribution is -0.140. The summed E-state index contributed by atoms with van der Waals surface area (Å²) in [4.78, 5) is 13.9. The van der Waals surface area contributed by atoms with E-state index in [2.05, 4.69) is 6.92 Å². The van der Waals surface area contributed by atoms with E-state index in [9.17, 15) is 4.79 Å². The van der Waals surface area contributed by atoms with E-state index in [1.807, 2.05) is 4.90 Å². The van der Waals surface area contributed by atoms with Crippen molar-refractivity contribution in [1.82, 2.24) is 4.90 Å². The van der Waals surface area contributed by atoms with Gasteiger partial charge in [0, 0.05) is 19.2 Å². The van der Waals surface area contributed by atoms with Crippen LogP contribution in [-0.4, -0.2) is 42.1 Å². The van der Waals surface area contributed by atoms with E-state index in [4.69, 9.17) is 10.5 Å². The molecule has 3 atom stereocenters. The zero-order chi connectivity index (χ0) is 10.8. The van der Waals surface area contributed by atoms with Crippen LogP contribution in [0.4, 0.5) is 0 Å². The molecule has 0 saturated carbocycles. The Morgan fingerprint density at radius 3 is 3.00 bits per heavy atom. The fourth-order valence-electron chi connectivity index (χ4n) is 2.55. The topological polar surface area (TPSA) is 55.6 Å². The van der Waals surface area contributed by atoms with Gasteiger partial charge in [-0.2, -0.15) is 0 Å². The van der Waals surface area contributed by atoms with Crippen molar-refractivity contribution in [3.05, 3.63) is 0 Å². The largest absolute Gasteiger partial charge is 0.378 e. The van der Waals surface area contributed by atoms with E-state index in [-0.39, 0.29) is 18.1 Å². The van der Waals surface area contributed by atoms with Gasteiger partial charge in [-0.05, 0) is 32.6 Å². The number of nitrogens with zero attached hydrogens (tertiary/aromatic N) is 1. The average Bonchev–Trinajstić information content (AvgIpc) is 2.22. The highest BCUT2D eigenvalue weighted by Crippen LogP contribution is 2.22. The SMILES string of the molecule is CC1CC(N2CCCC(N)C2=O)CCO1. The molecule has 0 aromatic heterocycles. The first-order chi connectivity index (χ1) is 7.18. The Kier molecular flexibility index (Phi) is 3.26. The zero-order valence-corrected chi connectivity index (χ0v) is 9.32. The minimum absolute atomic E-state index is 0.139. The third kappa shape index (κ3) is 2.32. The number of piperidine rings is 1. The standard InChI is InChI=1S/C11H20N2O2/c1-8-7-9(4-6-15-8)13-5-2-3-10(12)11(13)14/h8-10H,2-7,12H2,1H3. The summed E-state index contributed by atoms with van der Waals surface area (Å²) in [6.45, 7) is 3.72. The number of hydrogen-bond acceptors (Lipinski definition) is 3. The Hall–Kier alpha value is -0.610. The number of hydrogen-bond donors (Lipinski definition) is 1. The van der Waals surface area contributed by atoms with Crippen molar-refractivity contribution in [1.29, 1.82) is 0 Å². The Morgan fingerprint density at radius 2 is 2.27 bits per heavy atom. The molecule has 0 aromatic carbocycles. The Labute approximate surface area is 90.8 Å². The molecule has 0 aliphatic carbocycles. The molecule has 2 aliphatic rings. The third-order valence-electron chi connectivity index (χ3n) is 3.41. The van der Waals surface area contributed by atoms with Gasteiger partial charge in [-0.3, -0.25) is 4.79 Å². The number of likely N-dealkylation sites (tertiary alicyclic amines) is 1. The van der Waals surface area contributed by atoms with Crippen molar-refractivity contribution in [2.75, 3.05) is 13.2 Å². The average molecular weight is 212 g/mol. The first-order valence-electron chi connectivity index (χ1n) is 5.86. The lowest BCUT2D eigenvalue weighted by Crippen LogP contribution is -2.54. The van der Waals surface area contributed by atoms with Gasteiger partial charge in [0.1, 0.15) is 0 Å². The molecule has 2 rings (SSSR count). The molecule has 15 heavy (non-hydrogen) atoms. The van der Waals surface area contributed by atoms with E-state index < -0.39 is 0 Å². The lowest BCUT2D eigenvalue weighted by Gasteiger charge is -2.40. The van der Waals surface area contributed by atoms with Gasteiger partial charge in [0.15, 0.2) is 0 Å². The predicted octanol–water partition coefficient (Wildman–Crippen LogP) is 0.504. The van der Waals surface area contributed by atoms with E-state index in [1.165, 1.54) is 0 Å². The van der Waals surface area contributed by atoms with Crippen LogP contribution in [0.15, 0.2) is 0 Å². The quantitative estimate of drug-likeness (QED) is 0.688. The molecular formula is C11H20N2O2. The zero-order valence-electron chi connectivity index (χ0n) is 9.32. The van der Waals surface area contributed by atoms with Crippen LogP contribution >= 0.6 is 0 Å². The molecule has 2 aliphatic heterocycles. The van der Waals surface area contributed by atoms with Crippen LogP contribution in [0.25, 0.3) is 0 Å². The number of nitrogens with two attached hydrogens (primary N) is 1. The molecule has 0 radical (unpaired) electrons. The van der Waals surface area contributed by atoms with E-state index in [0.29, 0.717) is 6.04 Å². The summed E-state index contributed by atoms with van der Waals surface area (Å²) in [6, 6.07) is 0.0875. The number of ether oxygens (including phenoxy) is 1. The van der Waals surface area contributed by atoms with Crippen LogP contribution in [0.1, 0.15) is 32.6 Å². The van der Waals surface area contributed by atoms with Crippen molar-refractivity contribution in [3.8, 4) is 0 Å². The second kappa shape index (κ2) is 4.49. The second-order valence-electron chi connectivity index (χ2n) is 4.64. The molecule has 2 saturated heterocycles. The summed E-state index contributed by atoms with van der Waals surface area (Å²) in [7, 11) is 0. The molecular weight excluding hydrogens is 192 g/mol. The molecule has 1 amide bonds. The van der Waals surface area contributed by atoms with Gasteiger partial charge in [-0.1, -0.05) is 0 Å². The van der Waals surface area contributed by atoms with Gasteiger partial charge in [0.25, 0.3) is 0 Å². The fraction of sp³-hybridized carbons (Fsp3) is 0.909. The van der Waals surface area contributed by atoms with Crippen LogP contribution in [0.2, 0.25) is 0 Å². The second-order valence-corrected chi connectivity index (χ2v) is 4.64. The van der Waals surface area contributed by atoms with Crippen LogP contribution in [0.3, 0.4) is 0 Å². The van der Waals surface area contributed by atoms with Gasteiger partial charge in [-0.25, -0.2) is 0 Å². The van der Waals surface area contributed by atoms with Crippen LogP contribution in [0.5, 0.6) is 0 Å². The summed E-state index contributed by atoms with van der Waals surface area (Å²) < 4.78 is 5.49. The van der Waals surface area contributed by atoms with Gasteiger partial charge in [-0.15, -0.1) is 0 Å². The third-order valence-corrected chi connectivity index (χ3v) is 3.41. The fourth-order valence-corrected chi connectivity index (χ4v) is 2.55. The summed E-state index contributed by atoms with van der Waals surface area (Å²) in [5, 5.41) is 0. The number of carbonyl (C=O) groups is 1. The molecule has 2 N–H and O–H groups in total. The normalized spacial score (nSPS) is 38.1. The monoisotopic (exact) mass is 212 g/mol. The van der Waals surface area contributed by atoms with Crippen molar-refractivity contribution in [3.63, 3.8) is 0 Å². The molecule has 86 valence electrons. The maximum absolute atomic E-state index is 11.9. The molecule has 0 bridgehead atoms. The van der Waals surface area contributed by atoms with Gasteiger partial charge in [0.05, 0.1) is 12.1 Å². The molecule has 2 heterocycles. The first kappa shape index (κ1) is 10.9. The molecule has 0 spiro atoms. The lowest BCUT2D eigenvalue weighted by atomic mass is 9.97. The highest BCUT2D eigenvalue weighted by atomic mass is 16.5. The summed E-state index contributed by atoms with van der Waals surface area (Å²) in [5.74, 6) is 0.139. The molecule has 0 aromatic rings. The van der Waals surface area contributed by atoms with Gasteiger partial charge >= 0.3 is 0 Å². The molecule has 3 unspecified atom stereocenters. The highest BCUT2D eigenvalue weighted by Gasteiger charge is 2.33. The van der Waals surface area contributed by atoms with Crippen LogP contribution in [-0.2, 0) is 9.53 Å². The first-order valence-corrected chi connectivity index (χ1v) is 5.86. The summed E-state index contributed by atoms with van der Waals surface area (Å²) >= 11 is 0. The number of amides is 1. The molecule has 2 fully saturated rings.